The average Bonchev–Trinajstić information content (AvgIpc) is 2.34. The number of hydrogen-bond donors (Lipinski definition) is 2. The Labute approximate surface area is 113 Å². The molecule has 0 bridgehead atoms. The minimum atomic E-state index is -0.566. The van der Waals surface area contributed by atoms with Crippen molar-refractivity contribution in [1.29, 1.82) is 0 Å². The predicted molar refractivity (Wildman–Crippen MR) is 72.3 cm³/mol. The maximum Gasteiger partial charge on any atom is 0.120 e. The molecule has 2 atom stereocenters. The molecule has 0 amide bonds. The second-order valence-electron chi connectivity index (χ2n) is 4.19. The molecule has 2 N–H and O–H groups in total. The fraction of sp³-hybridized carbons (Fsp3) is 0.538. The Morgan fingerprint density at radius 1 is 1.39 bits per heavy atom. The molecule has 0 aliphatic carbocycles. The molecule has 0 radical (unpaired) electrons. The third kappa shape index (κ3) is 6.21. The van der Waals surface area contributed by atoms with Crippen LogP contribution in [0.3, 0.4) is 0 Å². The van der Waals surface area contributed by atoms with Crippen LogP contribution in [0.2, 0.25) is 5.02 Å². The molecule has 1 aromatic rings. The molecule has 0 spiro atoms. The molecule has 4 nitrogen and oxygen atoms in total. The fourth-order valence-electron chi connectivity index (χ4n) is 1.45. The lowest BCUT2D eigenvalue weighted by Gasteiger charge is -2.17. The largest absolute Gasteiger partial charge is 0.491 e. The zero-order valence-electron chi connectivity index (χ0n) is 10.7. The summed E-state index contributed by atoms with van der Waals surface area (Å²) in [5.74, 6) is 0.659. The Kier molecular flexibility index (Phi) is 7.05. The first-order valence-corrected chi connectivity index (χ1v) is 6.28. The molecular formula is C13H20ClNO3. The van der Waals surface area contributed by atoms with Crippen molar-refractivity contribution in [1.82, 2.24) is 5.32 Å². The van der Waals surface area contributed by atoms with Crippen molar-refractivity contribution in [3.63, 3.8) is 0 Å². The summed E-state index contributed by atoms with van der Waals surface area (Å²) in [4.78, 5) is 0. The van der Waals surface area contributed by atoms with Gasteiger partial charge in [0.2, 0.25) is 0 Å². The zero-order chi connectivity index (χ0) is 13.4. The second kappa shape index (κ2) is 8.32. The van der Waals surface area contributed by atoms with E-state index in [9.17, 15) is 5.11 Å². The van der Waals surface area contributed by atoms with E-state index in [1.165, 1.54) is 0 Å². The van der Waals surface area contributed by atoms with Crippen LogP contribution in [0.4, 0.5) is 0 Å². The highest BCUT2D eigenvalue weighted by Crippen LogP contribution is 2.17. The van der Waals surface area contributed by atoms with Crippen molar-refractivity contribution < 1.29 is 14.6 Å². The third-order valence-electron chi connectivity index (χ3n) is 2.36. The van der Waals surface area contributed by atoms with E-state index >= 15 is 0 Å². The lowest BCUT2D eigenvalue weighted by molar-refractivity contribution is 0.0973. The molecule has 5 heteroatoms. The molecule has 0 aromatic heterocycles. The molecule has 0 heterocycles. The van der Waals surface area contributed by atoms with Crippen molar-refractivity contribution in [2.75, 3.05) is 26.9 Å². The van der Waals surface area contributed by atoms with Gasteiger partial charge in [-0.25, -0.2) is 0 Å². The Bertz CT molecular complexity index is 349. The van der Waals surface area contributed by atoms with Crippen LogP contribution in [0.1, 0.15) is 6.92 Å². The lowest BCUT2D eigenvalue weighted by atomic mass is 10.3. The van der Waals surface area contributed by atoms with Crippen molar-refractivity contribution in [3.05, 3.63) is 29.3 Å². The third-order valence-corrected chi connectivity index (χ3v) is 2.59. The van der Waals surface area contributed by atoms with Crippen molar-refractivity contribution in [2.45, 2.75) is 19.1 Å². The van der Waals surface area contributed by atoms with Gasteiger partial charge in [0.05, 0.1) is 6.61 Å². The minimum absolute atomic E-state index is 0.204. The van der Waals surface area contributed by atoms with Gasteiger partial charge in [-0.1, -0.05) is 17.7 Å². The van der Waals surface area contributed by atoms with E-state index in [4.69, 9.17) is 21.1 Å². The Morgan fingerprint density at radius 3 is 2.83 bits per heavy atom. The number of methoxy groups -OCH3 is 1. The normalized spacial score (nSPS) is 14.2. The highest BCUT2D eigenvalue weighted by atomic mass is 35.5. The van der Waals surface area contributed by atoms with Crippen LogP contribution in [-0.4, -0.2) is 44.1 Å². The van der Waals surface area contributed by atoms with Gasteiger partial charge in [-0.2, -0.15) is 0 Å². The highest BCUT2D eigenvalue weighted by Gasteiger charge is 2.08. The van der Waals surface area contributed by atoms with Crippen LogP contribution < -0.4 is 10.1 Å². The van der Waals surface area contributed by atoms with Crippen LogP contribution in [-0.2, 0) is 4.74 Å². The number of nitrogens with one attached hydrogen (secondary N) is 1. The van der Waals surface area contributed by atoms with Crippen molar-refractivity contribution in [3.8, 4) is 5.75 Å². The van der Waals surface area contributed by atoms with E-state index in [2.05, 4.69) is 5.32 Å². The Morgan fingerprint density at radius 2 is 2.17 bits per heavy atom. The highest BCUT2D eigenvalue weighted by molar-refractivity contribution is 6.30. The first-order chi connectivity index (χ1) is 8.61. The SMILES string of the molecule is COCC(C)NCC(O)COc1cccc(Cl)c1. The van der Waals surface area contributed by atoms with Gasteiger partial charge in [0.25, 0.3) is 0 Å². The van der Waals surface area contributed by atoms with Gasteiger partial charge in [0.15, 0.2) is 0 Å². The summed E-state index contributed by atoms with van der Waals surface area (Å²) in [6.45, 7) is 3.30. The number of aliphatic hydroxyl groups excluding tert-OH is 1. The lowest BCUT2D eigenvalue weighted by Crippen LogP contribution is -2.38. The molecule has 0 fully saturated rings. The number of hydrogen-bond acceptors (Lipinski definition) is 4. The number of aliphatic hydroxyl groups is 1. The smallest absolute Gasteiger partial charge is 0.120 e. The standard InChI is InChI=1S/C13H20ClNO3/c1-10(8-17-2)15-7-12(16)9-18-13-5-3-4-11(14)6-13/h3-6,10,12,15-16H,7-9H2,1-2H3. The summed E-state index contributed by atoms with van der Waals surface area (Å²) in [5.41, 5.74) is 0. The summed E-state index contributed by atoms with van der Waals surface area (Å²) in [6, 6.07) is 7.31. The van der Waals surface area contributed by atoms with Gasteiger partial charge in [-0.3, -0.25) is 0 Å². The quantitative estimate of drug-likeness (QED) is 0.757. The Balaban J connectivity index is 2.22. The van der Waals surface area contributed by atoms with Crippen molar-refractivity contribution >= 4 is 11.6 Å². The molecular weight excluding hydrogens is 254 g/mol. The molecule has 1 rings (SSSR count). The number of rotatable bonds is 8. The summed E-state index contributed by atoms with van der Waals surface area (Å²) in [7, 11) is 1.65. The fourth-order valence-corrected chi connectivity index (χ4v) is 1.63. The van der Waals surface area contributed by atoms with Gasteiger partial charge in [0, 0.05) is 24.7 Å². The Hall–Kier alpha value is -0.810. The molecule has 0 aliphatic heterocycles. The van der Waals surface area contributed by atoms with Crippen LogP contribution >= 0.6 is 11.6 Å². The van der Waals surface area contributed by atoms with Crippen LogP contribution in [0.15, 0.2) is 24.3 Å². The van der Waals surface area contributed by atoms with Gasteiger partial charge >= 0.3 is 0 Å². The van der Waals surface area contributed by atoms with Crippen molar-refractivity contribution in [2.24, 2.45) is 0 Å². The van der Waals surface area contributed by atoms with E-state index in [-0.39, 0.29) is 12.6 Å². The maximum atomic E-state index is 9.74. The van der Waals surface area contributed by atoms with Gasteiger partial charge < -0.3 is 19.9 Å². The van der Waals surface area contributed by atoms with Gasteiger partial charge in [-0.15, -0.1) is 0 Å². The number of halogens is 1. The molecule has 18 heavy (non-hydrogen) atoms. The summed E-state index contributed by atoms with van der Waals surface area (Å²) >= 11 is 5.83. The zero-order valence-corrected chi connectivity index (χ0v) is 11.5. The van der Waals surface area contributed by atoms with E-state index < -0.39 is 6.10 Å². The molecule has 2 unspecified atom stereocenters. The van der Waals surface area contributed by atoms with E-state index in [1.54, 1.807) is 25.3 Å². The van der Waals surface area contributed by atoms with E-state index in [0.717, 1.165) is 0 Å². The topological polar surface area (TPSA) is 50.7 Å². The first-order valence-electron chi connectivity index (χ1n) is 5.90. The van der Waals surface area contributed by atoms with Gasteiger partial charge in [-0.05, 0) is 25.1 Å². The monoisotopic (exact) mass is 273 g/mol. The number of benzene rings is 1. The average molecular weight is 274 g/mol. The van der Waals surface area contributed by atoms with Crippen LogP contribution in [0, 0.1) is 0 Å². The maximum absolute atomic E-state index is 9.74. The minimum Gasteiger partial charge on any atom is -0.491 e. The summed E-state index contributed by atoms with van der Waals surface area (Å²) in [5, 5.41) is 13.5. The second-order valence-corrected chi connectivity index (χ2v) is 4.62. The predicted octanol–water partition coefficient (Wildman–Crippen LogP) is 1.70. The van der Waals surface area contributed by atoms with Gasteiger partial charge in [0.1, 0.15) is 18.5 Å². The van der Waals surface area contributed by atoms with Crippen LogP contribution in [0.5, 0.6) is 5.75 Å². The molecule has 0 aliphatic rings. The van der Waals surface area contributed by atoms with Crippen LogP contribution in [0.25, 0.3) is 0 Å². The molecule has 102 valence electrons. The summed E-state index contributed by atoms with van der Waals surface area (Å²) < 4.78 is 10.4. The first kappa shape index (κ1) is 15.2. The van der Waals surface area contributed by atoms with E-state index in [0.29, 0.717) is 23.9 Å². The van der Waals surface area contributed by atoms with E-state index in [1.807, 2.05) is 13.0 Å². The summed E-state index contributed by atoms with van der Waals surface area (Å²) in [6.07, 6.45) is -0.566. The molecule has 0 saturated carbocycles. The molecule has 1 aromatic carbocycles. The molecule has 0 saturated heterocycles. The number of ether oxygens (including phenoxy) is 2.